The molecule has 1 unspecified atom stereocenters. The second-order valence-electron chi connectivity index (χ2n) is 10.4. The van der Waals surface area contributed by atoms with Gasteiger partial charge in [-0.25, -0.2) is 0 Å². The molecule has 3 aromatic rings. The zero-order valence-corrected chi connectivity index (χ0v) is 21.4. The molecule has 6 rings (SSSR count). The van der Waals surface area contributed by atoms with Gasteiger partial charge in [0.25, 0.3) is 5.91 Å². The van der Waals surface area contributed by atoms with Crippen molar-refractivity contribution < 1.29 is 23.9 Å². The van der Waals surface area contributed by atoms with Crippen LogP contribution in [0.25, 0.3) is 0 Å². The van der Waals surface area contributed by atoms with E-state index in [9.17, 15) is 19.2 Å². The van der Waals surface area contributed by atoms with Gasteiger partial charge in [-0.1, -0.05) is 24.6 Å². The Hall–Kier alpha value is -4.47. The zero-order chi connectivity index (χ0) is 26.9. The van der Waals surface area contributed by atoms with Gasteiger partial charge in [-0.05, 0) is 60.2 Å². The number of carbonyl (C=O) groups excluding carboxylic acids is 4. The maximum Gasteiger partial charge on any atom is 0.255 e. The summed E-state index contributed by atoms with van der Waals surface area (Å²) in [5.41, 5.74) is 4.25. The molecule has 4 amide bonds. The van der Waals surface area contributed by atoms with Crippen LogP contribution in [0.4, 0.5) is 5.82 Å². The maximum absolute atomic E-state index is 12.9. The van der Waals surface area contributed by atoms with Crippen molar-refractivity contribution in [3.05, 3.63) is 76.5 Å². The van der Waals surface area contributed by atoms with Gasteiger partial charge in [-0.15, -0.1) is 0 Å². The first-order chi connectivity index (χ1) is 18.9. The Balaban J connectivity index is 1.01. The molecule has 200 valence electrons. The molecule has 0 spiro atoms. The lowest BCUT2D eigenvalue weighted by Gasteiger charge is -2.29. The minimum atomic E-state index is -0.632. The number of carbonyl (C=O) groups is 4. The van der Waals surface area contributed by atoms with E-state index in [1.165, 1.54) is 24.2 Å². The number of nitrogens with zero attached hydrogens (tertiary/aromatic N) is 2. The molecule has 0 bridgehead atoms. The Labute approximate surface area is 225 Å². The number of H-pyrrole nitrogens is 1. The van der Waals surface area contributed by atoms with Crippen molar-refractivity contribution in [3.8, 4) is 5.75 Å². The SMILES string of the molecule is O=C1CCC(N2Cc3cc(COc4ccc(CC(=O)Nc5cc(C6CCC6)[nH]n5)cc4)ccc3C2=O)C(=O)N1. The van der Waals surface area contributed by atoms with E-state index in [1.54, 1.807) is 6.07 Å². The number of hydrogen-bond donors (Lipinski definition) is 3. The van der Waals surface area contributed by atoms with Crippen molar-refractivity contribution >= 4 is 29.4 Å². The number of anilines is 1. The van der Waals surface area contributed by atoms with Gasteiger partial charge in [0.2, 0.25) is 17.7 Å². The van der Waals surface area contributed by atoms with E-state index in [0.717, 1.165) is 22.4 Å². The zero-order valence-electron chi connectivity index (χ0n) is 21.4. The van der Waals surface area contributed by atoms with Gasteiger partial charge in [0.15, 0.2) is 5.82 Å². The predicted octanol–water partition coefficient (Wildman–Crippen LogP) is 3.20. The number of imide groups is 1. The van der Waals surface area contributed by atoms with Gasteiger partial charge in [0.05, 0.1) is 6.42 Å². The van der Waals surface area contributed by atoms with Crippen LogP contribution in [0.15, 0.2) is 48.5 Å². The number of rotatable bonds is 8. The summed E-state index contributed by atoms with van der Waals surface area (Å²) in [6, 6.07) is 14.2. The van der Waals surface area contributed by atoms with E-state index in [1.807, 2.05) is 42.5 Å². The van der Waals surface area contributed by atoms with Gasteiger partial charge in [-0.2, -0.15) is 5.10 Å². The third kappa shape index (κ3) is 5.27. The van der Waals surface area contributed by atoms with Crippen molar-refractivity contribution in [2.24, 2.45) is 0 Å². The summed E-state index contributed by atoms with van der Waals surface area (Å²) in [5, 5.41) is 12.4. The molecule has 3 N–H and O–H groups in total. The molecule has 3 aliphatic rings. The molecule has 2 aliphatic heterocycles. The normalized spacial score (nSPS) is 18.9. The molecule has 1 saturated heterocycles. The first kappa shape index (κ1) is 24.8. The lowest BCUT2D eigenvalue weighted by molar-refractivity contribution is -0.137. The largest absolute Gasteiger partial charge is 0.489 e. The number of nitrogens with one attached hydrogen (secondary N) is 3. The summed E-state index contributed by atoms with van der Waals surface area (Å²) in [6.45, 7) is 0.632. The van der Waals surface area contributed by atoms with E-state index < -0.39 is 11.9 Å². The molecular formula is C29H29N5O5. The van der Waals surface area contributed by atoms with Crippen LogP contribution in [0.5, 0.6) is 5.75 Å². The molecule has 3 heterocycles. The molecule has 1 saturated carbocycles. The number of amides is 4. The molecule has 1 aromatic heterocycles. The van der Waals surface area contributed by atoms with Crippen LogP contribution < -0.4 is 15.4 Å². The number of aromatic nitrogens is 2. The molecule has 39 heavy (non-hydrogen) atoms. The van der Waals surface area contributed by atoms with E-state index in [2.05, 4.69) is 20.8 Å². The van der Waals surface area contributed by atoms with Crippen LogP contribution in [0.1, 0.15) is 70.8 Å². The molecule has 10 heteroatoms. The second-order valence-corrected chi connectivity index (χ2v) is 10.4. The summed E-state index contributed by atoms with van der Waals surface area (Å²) in [7, 11) is 0. The van der Waals surface area contributed by atoms with E-state index >= 15 is 0 Å². The van der Waals surface area contributed by atoms with Crippen molar-refractivity contribution in [2.75, 3.05) is 5.32 Å². The summed E-state index contributed by atoms with van der Waals surface area (Å²) in [4.78, 5) is 50.6. The van der Waals surface area contributed by atoms with E-state index in [0.29, 0.717) is 42.6 Å². The fraction of sp³-hybridized carbons (Fsp3) is 0.345. The van der Waals surface area contributed by atoms with Crippen LogP contribution in [0.2, 0.25) is 0 Å². The van der Waals surface area contributed by atoms with Gasteiger partial charge >= 0.3 is 0 Å². The lowest BCUT2D eigenvalue weighted by atomic mass is 9.83. The third-order valence-corrected chi connectivity index (χ3v) is 7.69. The van der Waals surface area contributed by atoms with Crippen molar-refractivity contribution in [1.82, 2.24) is 20.4 Å². The number of fused-ring (bicyclic) bond motifs is 1. The van der Waals surface area contributed by atoms with E-state index in [-0.39, 0.29) is 30.6 Å². The van der Waals surface area contributed by atoms with Crippen LogP contribution in [-0.2, 0) is 34.0 Å². The smallest absolute Gasteiger partial charge is 0.255 e. The molecule has 1 atom stereocenters. The van der Waals surface area contributed by atoms with Crippen molar-refractivity contribution in [2.45, 2.75) is 63.6 Å². The topological polar surface area (TPSA) is 133 Å². The predicted molar refractivity (Wildman–Crippen MR) is 141 cm³/mol. The summed E-state index contributed by atoms with van der Waals surface area (Å²) >= 11 is 0. The highest BCUT2D eigenvalue weighted by Gasteiger charge is 2.39. The molecule has 10 nitrogen and oxygen atoms in total. The van der Waals surface area contributed by atoms with Crippen molar-refractivity contribution in [1.29, 1.82) is 0 Å². The quantitative estimate of drug-likeness (QED) is 0.385. The van der Waals surface area contributed by atoms with Gasteiger partial charge in [0.1, 0.15) is 18.4 Å². The van der Waals surface area contributed by atoms with Crippen LogP contribution in [0, 0.1) is 0 Å². The number of aromatic amines is 1. The first-order valence-corrected chi connectivity index (χ1v) is 13.3. The Bertz CT molecular complexity index is 1440. The summed E-state index contributed by atoms with van der Waals surface area (Å²) in [5.74, 6) is 0.699. The summed E-state index contributed by atoms with van der Waals surface area (Å²) in [6.07, 6.45) is 4.37. The minimum Gasteiger partial charge on any atom is -0.489 e. The highest BCUT2D eigenvalue weighted by atomic mass is 16.5. The maximum atomic E-state index is 12.9. The van der Waals surface area contributed by atoms with Gasteiger partial charge in [0, 0.05) is 36.2 Å². The van der Waals surface area contributed by atoms with Crippen LogP contribution in [0.3, 0.4) is 0 Å². The molecule has 2 aromatic carbocycles. The first-order valence-electron chi connectivity index (χ1n) is 13.3. The average Bonchev–Trinajstić information content (AvgIpc) is 3.46. The molecular weight excluding hydrogens is 498 g/mol. The molecule has 1 aliphatic carbocycles. The third-order valence-electron chi connectivity index (χ3n) is 7.69. The van der Waals surface area contributed by atoms with E-state index in [4.69, 9.17) is 4.74 Å². The second kappa shape index (κ2) is 10.4. The van der Waals surface area contributed by atoms with Crippen LogP contribution >= 0.6 is 0 Å². The lowest BCUT2D eigenvalue weighted by Crippen LogP contribution is -2.52. The highest BCUT2D eigenvalue weighted by Crippen LogP contribution is 2.36. The van der Waals surface area contributed by atoms with Crippen molar-refractivity contribution in [3.63, 3.8) is 0 Å². The number of ether oxygens (including phenoxy) is 1. The Morgan fingerprint density at radius 1 is 1.03 bits per heavy atom. The monoisotopic (exact) mass is 527 g/mol. The highest BCUT2D eigenvalue weighted by molar-refractivity contribution is 6.05. The van der Waals surface area contributed by atoms with Crippen LogP contribution in [-0.4, -0.2) is 44.8 Å². The van der Waals surface area contributed by atoms with Gasteiger partial charge < -0.3 is 15.0 Å². The number of piperidine rings is 1. The van der Waals surface area contributed by atoms with Gasteiger partial charge in [-0.3, -0.25) is 29.6 Å². The fourth-order valence-electron chi connectivity index (χ4n) is 5.29. The summed E-state index contributed by atoms with van der Waals surface area (Å²) < 4.78 is 5.93. The number of benzene rings is 2. The number of hydrogen-bond acceptors (Lipinski definition) is 6. The standard InChI is InChI=1S/C29H29N5O5/c35-26-11-10-24(28(37)31-26)34-15-20-12-18(6-9-22(20)29(34)38)16-39-21-7-4-17(5-8-21)13-27(36)30-25-14-23(32-33-25)19-2-1-3-19/h4-9,12,14,19,24H,1-3,10-11,13,15-16H2,(H,31,35,37)(H2,30,32,33,36). The average molecular weight is 528 g/mol. The molecule has 0 radical (unpaired) electrons. The Morgan fingerprint density at radius 3 is 2.56 bits per heavy atom. The minimum absolute atomic E-state index is 0.130. The Morgan fingerprint density at radius 2 is 1.82 bits per heavy atom. The fourth-order valence-corrected chi connectivity index (χ4v) is 5.29. The Kier molecular flexibility index (Phi) is 6.60. The molecule has 2 fully saturated rings.